The van der Waals surface area contributed by atoms with E-state index < -0.39 is 0 Å². The fraction of sp³-hybridized carbons (Fsp3) is 0.708. The maximum atomic E-state index is 13.6. The molecule has 1 spiro atoms. The Morgan fingerprint density at radius 1 is 1.19 bits per heavy atom. The molecule has 2 N–H and O–H groups in total. The number of amides is 2. The average molecular weight is 432 g/mol. The Labute approximate surface area is 185 Å². The van der Waals surface area contributed by atoms with Crippen LogP contribution in [0, 0.1) is 11.3 Å². The van der Waals surface area contributed by atoms with Crippen molar-refractivity contribution in [3.05, 3.63) is 24.0 Å². The molecule has 0 radical (unpaired) electrons. The van der Waals surface area contributed by atoms with Crippen molar-refractivity contribution in [1.82, 2.24) is 14.8 Å². The zero-order valence-electron chi connectivity index (χ0n) is 18.7. The number of hydrogen-bond acceptors (Lipinski definition) is 3. The van der Waals surface area contributed by atoms with Crippen molar-refractivity contribution in [3.63, 3.8) is 0 Å². The smallest absolute Gasteiger partial charge is 0.290 e. The molecule has 2 atom stereocenters. The number of nitrogens with one attached hydrogen (secondary N) is 1. The first-order valence-electron chi connectivity index (χ1n) is 11.8. The van der Waals surface area contributed by atoms with Crippen LogP contribution < -0.4 is 0 Å². The van der Waals surface area contributed by atoms with Gasteiger partial charge in [-0.15, -0.1) is 0 Å². The molecule has 31 heavy (non-hydrogen) atoms. The van der Waals surface area contributed by atoms with Crippen LogP contribution >= 0.6 is 0 Å². The summed E-state index contributed by atoms with van der Waals surface area (Å²) < 4.78 is 0. The first-order chi connectivity index (χ1) is 15.0. The molecule has 2 amide bonds. The highest BCUT2D eigenvalue weighted by Gasteiger charge is 2.52. The third-order valence-electron chi connectivity index (χ3n) is 7.69. The lowest BCUT2D eigenvalue weighted by atomic mass is 9.67. The van der Waals surface area contributed by atoms with Crippen molar-refractivity contribution < 1.29 is 19.5 Å². The van der Waals surface area contributed by atoms with Crippen LogP contribution in [0.2, 0.25) is 0 Å². The predicted molar refractivity (Wildman–Crippen MR) is 119 cm³/mol. The van der Waals surface area contributed by atoms with Gasteiger partial charge >= 0.3 is 0 Å². The van der Waals surface area contributed by atoms with E-state index in [1.807, 2.05) is 11.0 Å². The summed E-state index contributed by atoms with van der Waals surface area (Å²) in [4.78, 5) is 42.0. The lowest BCUT2D eigenvalue weighted by molar-refractivity contribution is -0.154. The second-order valence-electron chi connectivity index (χ2n) is 9.33. The molecule has 7 nitrogen and oxygen atoms in total. The molecule has 3 heterocycles. The molecule has 2 saturated heterocycles. The molecule has 2 aliphatic heterocycles. The second-order valence-corrected chi connectivity index (χ2v) is 9.33. The molecule has 7 heteroatoms. The number of carbonyl (C=O) groups excluding carboxylic acids is 2. The zero-order valence-corrected chi connectivity index (χ0v) is 18.7. The number of H-pyrrole nitrogens is 1. The Balaban J connectivity index is 0.000000858. The summed E-state index contributed by atoms with van der Waals surface area (Å²) >= 11 is 0. The number of likely N-dealkylation sites (tertiary alicyclic amines) is 2. The minimum absolute atomic E-state index is 0.0337. The standard InChI is InChI=1S/C23H35N3O2.CH2O2/c1-18-23(12-6-15-26(18)21(27)20-9-13-24-17-20)11-5-14-25(22(23)28)16-10-19-7-3-2-4-8-19;2-1-3/h9,13,17-19,24H,2-8,10-12,14-16H2,1H3;1H,(H,2,3)/t18-,23-;/m0./s1. The SMILES string of the molecule is C[C@@H]1N(C(=O)c2cc[nH]c2)CCC[C@@]12CCCN(CCC1CCCCC1)C2=O.O=CO. The minimum Gasteiger partial charge on any atom is -0.483 e. The van der Waals surface area contributed by atoms with Crippen LogP contribution in [0.25, 0.3) is 0 Å². The summed E-state index contributed by atoms with van der Waals surface area (Å²) in [7, 11) is 0. The van der Waals surface area contributed by atoms with Crippen molar-refractivity contribution >= 4 is 18.3 Å². The topological polar surface area (TPSA) is 93.7 Å². The van der Waals surface area contributed by atoms with Gasteiger partial charge in [0.15, 0.2) is 0 Å². The third-order valence-corrected chi connectivity index (χ3v) is 7.69. The number of nitrogens with zero attached hydrogens (tertiary/aromatic N) is 2. The summed E-state index contributed by atoms with van der Waals surface area (Å²) in [6, 6.07) is 1.80. The van der Waals surface area contributed by atoms with Gasteiger partial charge in [0, 0.05) is 38.1 Å². The quantitative estimate of drug-likeness (QED) is 0.707. The highest BCUT2D eigenvalue weighted by atomic mass is 16.3. The average Bonchev–Trinajstić information content (AvgIpc) is 3.32. The van der Waals surface area contributed by atoms with Gasteiger partial charge in [0.25, 0.3) is 12.4 Å². The lowest BCUT2D eigenvalue weighted by Gasteiger charge is -2.51. The highest BCUT2D eigenvalue weighted by molar-refractivity contribution is 5.95. The molecule has 172 valence electrons. The first kappa shape index (κ1) is 23.4. The molecular formula is C24H37N3O4. The maximum absolute atomic E-state index is 13.6. The monoisotopic (exact) mass is 431 g/mol. The minimum atomic E-state index is -0.380. The Morgan fingerprint density at radius 3 is 2.52 bits per heavy atom. The molecule has 4 rings (SSSR count). The van der Waals surface area contributed by atoms with E-state index in [9.17, 15) is 9.59 Å². The van der Waals surface area contributed by atoms with Crippen molar-refractivity contribution in [1.29, 1.82) is 0 Å². The van der Waals surface area contributed by atoms with Crippen LogP contribution in [0.1, 0.15) is 81.5 Å². The van der Waals surface area contributed by atoms with Crippen molar-refractivity contribution in [3.8, 4) is 0 Å². The van der Waals surface area contributed by atoms with E-state index in [0.29, 0.717) is 11.5 Å². The summed E-state index contributed by atoms with van der Waals surface area (Å²) in [5, 5.41) is 6.89. The number of aromatic nitrogens is 1. The molecule has 3 aliphatic rings. The molecule has 3 fully saturated rings. The van der Waals surface area contributed by atoms with Gasteiger partial charge in [-0.25, -0.2) is 0 Å². The molecule has 0 bridgehead atoms. The Morgan fingerprint density at radius 2 is 1.87 bits per heavy atom. The predicted octanol–water partition coefficient (Wildman–Crippen LogP) is 3.92. The molecular weight excluding hydrogens is 394 g/mol. The second kappa shape index (κ2) is 10.8. The number of hydrogen-bond donors (Lipinski definition) is 2. The number of piperidine rings is 2. The van der Waals surface area contributed by atoms with Gasteiger partial charge in [-0.1, -0.05) is 32.1 Å². The summed E-state index contributed by atoms with van der Waals surface area (Å²) in [5.74, 6) is 1.17. The Bertz CT molecular complexity index is 725. The normalized spacial score (nSPS) is 27.0. The first-order valence-corrected chi connectivity index (χ1v) is 11.8. The molecule has 0 unspecified atom stereocenters. The lowest BCUT2D eigenvalue weighted by Crippen LogP contribution is -2.61. The van der Waals surface area contributed by atoms with E-state index in [1.165, 1.54) is 32.1 Å². The van der Waals surface area contributed by atoms with E-state index >= 15 is 0 Å². The van der Waals surface area contributed by atoms with Gasteiger partial charge < -0.3 is 19.9 Å². The van der Waals surface area contributed by atoms with E-state index in [-0.39, 0.29) is 23.8 Å². The largest absolute Gasteiger partial charge is 0.483 e. The van der Waals surface area contributed by atoms with Gasteiger partial charge in [0.2, 0.25) is 5.91 Å². The molecule has 1 aliphatic carbocycles. The Hall–Kier alpha value is -2.31. The van der Waals surface area contributed by atoms with Crippen molar-refractivity contribution in [2.75, 3.05) is 19.6 Å². The summed E-state index contributed by atoms with van der Waals surface area (Å²) in [6.07, 6.45) is 15.3. The van der Waals surface area contributed by atoms with Gasteiger partial charge in [-0.05, 0) is 51.0 Å². The van der Waals surface area contributed by atoms with E-state index in [4.69, 9.17) is 9.90 Å². The van der Waals surface area contributed by atoms with E-state index in [1.54, 1.807) is 12.4 Å². The zero-order chi connectivity index (χ0) is 22.3. The van der Waals surface area contributed by atoms with E-state index in [2.05, 4.69) is 16.8 Å². The number of carboxylic acid groups (broad SMARTS) is 1. The van der Waals surface area contributed by atoms with Crippen molar-refractivity contribution in [2.45, 2.75) is 77.2 Å². The van der Waals surface area contributed by atoms with Crippen LogP contribution in [-0.2, 0) is 9.59 Å². The van der Waals surface area contributed by atoms with Crippen LogP contribution in [0.5, 0.6) is 0 Å². The number of aromatic amines is 1. The molecule has 1 saturated carbocycles. The molecule has 0 aromatic carbocycles. The fourth-order valence-electron chi connectivity index (χ4n) is 5.92. The molecule has 1 aromatic heterocycles. The Kier molecular flexibility index (Phi) is 8.15. The number of rotatable bonds is 4. The third kappa shape index (κ3) is 5.13. The van der Waals surface area contributed by atoms with Gasteiger partial charge in [-0.2, -0.15) is 0 Å². The molecule has 1 aromatic rings. The van der Waals surface area contributed by atoms with Gasteiger partial charge in [0.1, 0.15) is 0 Å². The van der Waals surface area contributed by atoms with Crippen LogP contribution in [-0.4, -0.2) is 63.9 Å². The van der Waals surface area contributed by atoms with E-state index in [0.717, 1.165) is 57.7 Å². The summed E-state index contributed by atoms with van der Waals surface area (Å²) in [5.41, 5.74) is 0.316. The van der Waals surface area contributed by atoms with Crippen LogP contribution in [0.3, 0.4) is 0 Å². The summed E-state index contributed by atoms with van der Waals surface area (Å²) in [6.45, 7) is 4.41. The highest BCUT2D eigenvalue weighted by Crippen LogP contribution is 2.44. The van der Waals surface area contributed by atoms with Gasteiger partial charge in [-0.3, -0.25) is 14.4 Å². The maximum Gasteiger partial charge on any atom is 0.290 e. The number of carbonyl (C=O) groups is 3. The van der Waals surface area contributed by atoms with Crippen molar-refractivity contribution in [2.24, 2.45) is 11.3 Å². The van der Waals surface area contributed by atoms with Crippen LogP contribution in [0.15, 0.2) is 18.5 Å². The van der Waals surface area contributed by atoms with Gasteiger partial charge in [0.05, 0.1) is 11.0 Å². The van der Waals surface area contributed by atoms with Crippen LogP contribution in [0.4, 0.5) is 0 Å². The fourth-order valence-corrected chi connectivity index (χ4v) is 5.92.